The van der Waals surface area contributed by atoms with Crippen LogP contribution in [-0.2, 0) is 14.3 Å². The zero-order valence-corrected chi connectivity index (χ0v) is 13.9. The van der Waals surface area contributed by atoms with E-state index >= 15 is 0 Å². The largest absolute Gasteiger partial charge is 0.475 e. The highest BCUT2D eigenvalue weighted by Crippen LogP contribution is 2.41. The molecule has 0 radical (unpaired) electrons. The molecule has 2 saturated heterocycles. The normalized spacial score (nSPS) is 26.2. The molecule has 7 heteroatoms. The third-order valence-corrected chi connectivity index (χ3v) is 4.77. The third-order valence-electron chi connectivity index (χ3n) is 4.77. The standard InChI is InChI=1S/C17H23FN2O4/c1-2-22-10-15(21)20-8-5-14-17(11-20,6-9-23-14)12-24-16-13(18)4-3-7-19-16/h3-4,7,14H,2,5-6,8-12H2,1H3/t14-,17+/m1/s1. The Hall–Kier alpha value is -1.73. The topological polar surface area (TPSA) is 60.9 Å². The number of hydrogen-bond donors (Lipinski definition) is 0. The van der Waals surface area contributed by atoms with Crippen LogP contribution in [-0.4, -0.2) is 61.4 Å². The van der Waals surface area contributed by atoms with Gasteiger partial charge in [0.25, 0.3) is 0 Å². The quantitative estimate of drug-likeness (QED) is 0.789. The van der Waals surface area contributed by atoms with Crippen LogP contribution in [0, 0.1) is 11.2 Å². The van der Waals surface area contributed by atoms with Crippen LogP contribution in [0.15, 0.2) is 18.3 Å². The molecule has 0 bridgehead atoms. The molecule has 2 aliphatic heterocycles. The first kappa shape index (κ1) is 17.1. The Balaban J connectivity index is 1.68. The first-order chi connectivity index (χ1) is 11.6. The first-order valence-corrected chi connectivity index (χ1v) is 8.35. The van der Waals surface area contributed by atoms with E-state index in [0.717, 1.165) is 12.8 Å². The summed E-state index contributed by atoms with van der Waals surface area (Å²) in [7, 11) is 0. The monoisotopic (exact) mass is 338 g/mol. The molecule has 1 amide bonds. The Morgan fingerprint density at radius 3 is 3.25 bits per heavy atom. The number of carbonyl (C=O) groups is 1. The van der Waals surface area contributed by atoms with Gasteiger partial charge in [0.2, 0.25) is 11.8 Å². The summed E-state index contributed by atoms with van der Waals surface area (Å²) in [4.78, 5) is 18.0. The maximum absolute atomic E-state index is 13.7. The zero-order chi connectivity index (χ0) is 17.0. The number of piperidine rings is 1. The third kappa shape index (κ3) is 3.52. The Kier molecular flexibility index (Phi) is 5.30. The summed E-state index contributed by atoms with van der Waals surface area (Å²) in [5.74, 6) is -0.509. The van der Waals surface area contributed by atoms with Gasteiger partial charge < -0.3 is 19.1 Å². The fourth-order valence-corrected chi connectivity index (χ4v) is 3.44. The molecular formula is C17H23FN2O4. The number of rotatable bonds is 6. The number of aromatic nitrogens is 1. The van der Waals surface area contributed by atoms with E-state index < -0.39 is 5.82 Å². The Morgan fingerprint density at radius 1 is 1.58 bits per heavy atom. The number of pyridine rings is 1. The van der Waals surface area contributed by atoms with E-state index in [1.807, 2.05) is 6.92 Å². The lowest BCUT2D eigenvalue weighted by molar-refractivity contribution is -0.143. The molecule has 132 valence electrons. The summed E-state index contributed by atoms with van der Waals surface area (Å²) in [6, 6.07) is 2.85. The summed E-state index contributed by atoms with van der Waals surface area (Å²) >= 11 is 0. The van der Waals surface area contributed by atoms with Crippen molar-refractivity contribution in [3.8, 4) is 5.88 Å². The van der Waals surface area contributed by atoms with Crippen molar-refractivity contribution in [2.45, 2.75) is 25.9 Å². The second-order valence-corrected chi connectivity index (χ2v) is 6.29. The molecular weight excluding hydrogens is 315 g/mol. The van der Waals surface area contributed by atoms with Crippen LogP contribution < -0.4 is 4.74 Å². The van der Waals surface area contributed by atoms with Crippen LogP contribution in [0.25, 0.3) is 0 Å². The summed E-state index contributed by atoms with van der Waals surface area (Å²) in [5.41, 5.74) is -0.315. The molecule has 2 atom stereocenters. The molecule has 3 heterocycles. The molecule has 2 fully saturated rings. The zero-order valence-electron chi connectivity index (χ0n) is 13.9. The highest BCUT2D eigenvalue weighted by Gasteiger charge is 2.49. The van der Waals surface area contributed by atoms with Crippen molar-refractivity contribution in [1.29, 1.82) is 0 Å². The van der Waals surface area contributed by atoms with Gasteiger partial charge in [0.15, 0.2) is 5.82 Å². The molecule has 0 aromatic carbocycles. The Bertz CT molecular complexity index is 585. The van der Waals surface area contributed by atoms with Gasteiger partial charge >= 0.3 is 0 Å². The molecule has 0 saturated carbocycles. The number of carbonyl (C=O) groups excluding carboxylic acids is 1. The first-order valence-electron chi connectivity index (χ1n) is 8.35. The molecule has 3 rings (SSSR count). The van der Waals surface area contributed by atoms with Gasteiger partial charge in [-0.2, -0.15) is 0 Å². The molecule has 24 heavy (non-hydrogen) atoms. The van der Waals surface area contributed by atoms with Crippen LogP contribution in [0.2, 0.25) is 0 Å². The lowest BCUT2D eigenvalue weighted by Crippen LogP contribution is -2.54. The Morgan fingerprint density at radius 2 is 2.46 bits per heavy atom. The van der Waals surface area contributed by atoms with Gasteiger partial charge in [-0.3, -0.25) is 4.79 Å². The predicted molar refractivity (Wildman–Crippen MR) is 84.2 cm³/mol. The SMILES string of the molecule is CCOCC(=O)N1CC[C@H]2OCC[C@@]2(COc2ncccc2F)C1. The molecule has 0 unspecified atom stereocenters. The van der Waals surface area contributed by atoms with Gasteiger partial charge in [-0.15, -0.1) is 0 Å². The number of amides is 1. The van der Waals surface area contributed by atoms with Crippen molar-refractivity contribution in [1.82, 2.24) is 9.88 Å². The van der Waals surface area contributed by atoms with Crippen molar-refractivity contribution in [2.75, 3.05) is 39.5 Å². The van der Waals surface area contributed by atoms with Gasteiger partial charge in [0.05, 0.1) is 18.1 Å². The molecule has 2 aliphatic rings. The summed E-state index contributed by atoms with van der Waals surface area (Å²) in [6.45, 7) is 4.57. The number of nitrogens with zero attached hydrogens (tertiary/aromatic N) is 2. The van der Waals surface area contributed by atoms with Gasteiger partial charge in [0, 0.05) is 32.5 Å². The second-order valence-electron chi connectivity index (χ2n) is 6.29. The summed E-state index contributed by atoms with van der Waals surface area (Å²) in [6.07, 6.45) is 3.06. The van der Waals surface area contributed by atoms with Gasteiger partial charge in [-0.1, -0.05) is 0 Å². The highest BCUT2D eigenvalue weighted by atomic mass is 19.1. The minimum absolute atomic E-state index is 0.00436. The maximum atomic E-state index is 13.7. The smallest absolute Gasteiger partial charge is 0.250 e. The van der Waals surface area contributed by atoms with Gasteiger partial charge in [-0.05, 0) is 31.9 Å². The van der Waals surface area contributed by atoms with E-state index in [-0.39, 0.29) is 36.5 Å². The van der Waals surface area contributed by atoms with E-state index in [4.69, 9.17) is 14.2 Å². The van der Waals surface area contributed by atoms with E-state index in [9.17, 15) is 9.18 Å². The number of ether oxygens (including phenoxy) is 3. The highest BCUT2D eigenvalue weighted by molar-refractivity contribution is 5.77. The molecule has 1 aromatic heterocycles. The molecule has 0 spiro atoms. The van der Waals surface area contributed by atoms with Crippen LogP contribution >= 0.6 is 0 Å². The van der Waals surface area contributed by atoms with Crippen molar-refractivity contribution >= 4 is 5.91 Å². The van der Waals surface area contributed by atoms with Crippen LogP contribution in [0.5, 0.6) is 5.88 Å². The van der Waals surface area contributed by atoms with E-state index in [0.29, 0.717) is 26.3 Å². The fourth-order valence-electron chi connectivity index (χ4n) is 3.44. The predicted octanol–water partition coefficient (Wildman–Crippen LogP) is 1.64. The fraction of sp³-hybridized carbons (Fsp3) is 0.647. The summed E-state index contributed by atoms with van der Waals surface area (Å²) < 4.78 is 30.4. The van der Waals surface area contributed by atoms with Crippen LogP contribution in [0.4, 0.5) is 4.39 Å². The minimum atomic E-state index is -0.482. The number of halogens is 1. The molecule has 0 N–H and O–H groups in total. The van der Waals surface area contributed by atoms with E-state index in [2.05, 4.69) is 4.98 Å². The molecule has 0 aliphatic carbocycles. The van der Waals surface area contributed by atoms with Crippen molar-refractivity contribution in [2.24, 2.45) is 5.41 Å². The molecule has 1 aromatic rings. The van der Waals surface area contributed by atoms with E-state index in [1.165, 1.54) is 18.3 Å². The average molecular weight is 338 g/mol. The van der Waals surface area contributed by atoms with E-state index in [1.54, 1.807) is 4.90 Å². The van der Waals surface area contributed by atoms with Crippen LogP contribution in [0.1, 0.15) is 19.8 Å². The number of hydrogen-bond acceptors (Lipinski definition) is 5. The number of likely N-dealkylation sites (tertiary alicyclic amines) is 1. The average Bonchev–Trinajstić information content (AvgIpc) is 3.02. The summed E-state index contributed by atoms with van der Waals surface area (Å²) in [5, 5.41) is 0. The maximum Gasteiger partial charge on any atom is 0.250 e. The Labute approximate surface area is 140 Å². The minimum Gasteiger partial charge on any atom is -0.475 e. The van der Waals surface area contributed by atoms with Gasteiger partial charge in [0.1, 0.15) is 6.61 Å². The van der Waals surface area contributed by atoms with Gasteiger partial charge in [-0.25, -0.2) is 9.37 Å². The van der Waals surface area contributed by atoms with Crippen molar-refractivity contribution in [3.05, 3.63) is 24.1 Å². The molecule has 6 nitrogen and oxygen atoms in total. The number of fused-ring (bicyclic) bond motifs is 1. The van der Waals surface area contributed by atoms with Crippen LogP contribution in [0.3, 0.4) is 0 Å². The van der Waals surface area contributed by atoms with Crippen molar-refractivity contribution < 1.29 is 23.4 Å². The lowest BCUT2D eigenvalue weighted by Gasteiger charge is -2.43. The van der Waals surface area contributed by atoms with Crippen molar-refractivity contribution in [3.63, 3.8) is 0 Å². The lowest BCUT2D eigenvalue weighted by atomic mass is 9.77. The second kappa shape index (κ2) is 7.44.